The molecule has 136 valence electrons. The second kappa shape index (κ2) is 7.09. The van der Waals surface area contributed by atoms with E-state index in [4.69, 9.17) is 4.52 Å². The molecular formula is C18H27N5O2. The molecule has 2 aromatic heterocycles. The van der Waals surface area contributed by atoms with Gasteiger partial charge in [0, 0.05) is 50.4 Å². The van der Waals surface area contributed by atoms with Crippen molar-refractivity contribution in [3.05, 3.63) is 24.2 Å². The highest BCUT2D eigenvalue weighted by Gasteiger charge is 2.23. The monoisotopic (exact) mass is 345 g/mol. The molecule has 1 N–H and O–H groups in total. The van der Waals surface area contributed by atoms with Crippen molar-refractivity contribution in [2.75, 3.05) is 37.6 Å². The maximum absolute atomic E-state index is 9.97. The largest absolute Gasteiger partial charge is 0.389 e. The van der Waals surface area contributed by atoms with Gasteiger partial charge in [-0.15, -0.1) is 0 Å². The second-order valence-corrected chi connectivity index (χ2v) is 7.59. The summed E-state index contributed by atoms with van der Waals surface area (Å²) < 4.78 is 5.38. The number of pyridine rings is 1. The SMILES string of the molecule is CC(C)c1noc(-c2ccnc(N3CCN(CC(C)(C)O)CC3)c2)n1. The van der Waals surface area contributed by atoms with Crippen molar-refractivity contribution in [3.8, 4) is 11.5 Å². The van der Waals surface area contributed by atoms with Gasteiger partial charge in [-0.05, 0) is 26.0 Å². The Morgan fingerprint density at radius 1 is 1.24 bits per heavy atom. The minimum atomic E-state index is -0.660. The first-order chi connectivity index (χ1) is 11.8. The Morgan fingerprint density at radius 2 is 1.96 bits per heavy atom. The van der Waals surface area contributed by atoms with Gasteiger partial charge in [-0.3, -0.25) is 4.90 Å². The highest BCUT2D eigenvalue weighted by atomic mass is 16.5. The summed E-state index contributed by atoms with van der Waals surface area (Å²) >= 11 is 0. The molecule has 0 atom stereocenters. The van der Waals surface area contributed by atoms with E-state index in [1.54, 1.807) is 6.20 Å². The third-order valence-corrected chi connectivity index (χ3v) is 4.26. The standard InChI is InChI=1S/C18H27N5O2/c1-13(2)16-20-17(25-21-16)14-5-6-19-15(11-14)23-9-7-22(8-10-23)12-18(3,4)24/h5-6,11,13,24H,7-10,12H2,1-4H3. The van der Waals surface area contributed by atoms with Crippen LogP contribution in [0.4, 0.5) is 5.82 Å². The van der Waals surface area contributed by atoms with Crippen molar-refractivity contribution < 1.29 is 9.63 Å². The summed E-state index contributed by atoms with van der Waals surface area (Å²) in [5.41, 5.74) is 0.232. The summed E-state index contributed by atoms with van der Waals surface area (Å²) in [6.07, 6.45) is 1.78. The number of rotatable bonds is 5. The molecule has 1 saturated heterocycles. The molecule has 1 fully saturated rings. The van der Waals surface area contributed by atoms with E-state index in [1.807, 2.05) is 39.8 Å². The van der Waals surface area contributed by atoms with Gasteiger partial charge in [0.2, 0.25) is 0 Å². The second-order valence-electron chi connectivity index (χ2n) is 7.59. The first-order valence-corrected chi connectivity index (χ1v) is 8.81. The third kappa shape index (κ3) is 4.55. The zero-order valence-electron chi connectivity index (χ0n) is 15.4. The highest BCUT2D eigenvalue weighted by molar-refractivity contribution is 5.58. The number of hydrogen-bond acceptors (Lipinski definition) is 7. The molecule has 0 aliphatic carbocycles. The molecule has 2 aromatic rings. The van der Waals surface area contributed by atoms with Crippen molar-refractivity contribution >= 4 is 5.82 Å². The quantitative estimate of drug-likeness (QED) is 0.889. The van der Waals surface area contributed by atoms with Gasteiger partial charge in [0.15, 0.2) is 5.82 Å². The Hall–Kier alpha value is -1.99. The fraction of sp³-hybridized carbons (Fsp3) is 0.611. The lowest BCUT2D eigenvalue weighted by atomic mass is 10.1. The molecule has 25 heavy (non-hydrogen) atoms. The van der Waals surface area contributed by atoms with Crippen LogP contribution in [0.5, 0.6) is 0 Å². The van der Waals surface area contributed by atoms with Crippen LogP contribution in [0.15, 0.2) is 22.9 Å². The third-order valence-electron chi connectivity index (χ3n) is 4.26. The first-order valence-electron chi connectivity index (χ1n) is 8.81. The fourth-order valence-electron chi connectivity index (χ4n) is 2.99. The lowest BCUT2D eigenvalue weighted by Crippen LogP contribution is -2.50. The van der Waals surface area contributed by atoms with Gasteiger partial charge in [0.05, 0.1) is 5.60 Å². The van der Waals surface area contributed by atoms with Gasteiger partial charge in [-0.2, -0.15) is 4.98 Å². The van der Waals surface area contributed by atoms with Crippen molar-refractivity contribution in [2.24, 2.45) is 0 Å². The van der Waals surface area contributed by atoms with Gasteiger partial charge in [0.25, 0.3) is 5.89 Å². The van der Waals surface area contributed by atoms with Crippen LogP contribution in [0.25, 0.3) is 11.5 Å². The predicted octanol–water partition coefficient (Wildman–Crippen LogP) is 2.15. The maximum atomic E-state index is 9.97. The molecule has 0 bridgehead atoms. The average molecular weight is 345 g/mol. The van der Waals surface area contributed by atoms with Crippen molar-refractivity contribution in [2.45, 2.75) is 39.2 Å². The molecular weight excluding hydrogens is 318 g/mol. The van der Waals surface area contributed by atoms with Crippen LogP contribution in [-0.4, -0.2) is 63.5 Å². The highest BCUT2D eigenvalue weighted by Crippen LogP contribution is 2.24. The van der Waals surface area contributed by atoms with E-state index in [0.29, 0.717) is 18.3 Å². The number of β-amino-alcohol motifs (C(OH)–C–C–N with tert-alkyl or cyclic N) is 1. The molecule has 0 spiro atoms. The van der Waals surface area contributed by atoms with E-state index in [-0.39, 0.29) is 5.92 Å². The van der Waals surface area contributed by atoms with Crippen LogP contribution in [0.1, 0.15) is 39.4 Å². The summed E-state index contributed by atoms with van der Waals surface area (Å²) in [7, 11) is 0. The van der Waals surface area contributed by atoms with Gasteiger partial charge in [-0.25, -0.2) is 4.98 Å². The van der Waals surface area contributed by atoms with E-state index in [0.717, 1.165) is 37.6 Å². The van der Waals surface area contributed by atoms with Crippen LogP contribution >= 0.6 is 0 Å². The summed E-state index contributed by atoms with van der Waals surface area (Å²) in [5, 5.41) is 14.0. The smallest absolute Gasteiger partial charge is 0.258 e. The molecule has 3 heterocycles. The molecule has 0 unspecified atom stereocenters. The summed E-state index contributed by atoms with van der Waals surface area (Å²) in [5.74, 6) is 2.41. The minimum Gasteiger partial charge on any atom is -0.389 e. The Morgan fingerprint density at radius 3 is 2.56 bits per heavy atom. The summed E-state index contributed by atoms with van der Waals surface area (Å²) in [6, 6.07) is 3.90. The van der Waals surface area contributed by atoms with E-state index >= 15 is 0 Å². The van der Waals surface area contributed by atoms with Crippen LogP contribution in [0, 0.1) is 0 Å². The molecule has 0 radical (unpaired) electrons. The molecule has 0 aromatic carbocycles. The number of piperazine rings is 1. The Kier molecular flexibility index (Phi) is 5.06. The van der Waals surface area contributed by atoms with Crippen molar-refractivity contribution in [3.63, 3.8) is 0 Å². The summed E-state index contributed by atoms with van der Waals surface area (Å²) in [6.45, 7) is 12.1. The first kappa shape index (κ1) is 17.8. The topological polar surface area (TPSA) is 78.5 Å². The molecule has 3 rings (SSSR count). The number of anilines is 1. The molecule has 1 aliphatic rings. The van der Waals surface area contributed by atoms with Gasteiger partial charge in [0.1, 0.15) is 5.82 Å². The number of nitrogens with zero attached hydrogens (tertiary/aromatic N) is 5. The van der Waals surface area contributed by atoms with E-state index < -0.39 is 5.60 Å². The van der Waals surface area contributed by atoms with Crippen LogP contribution in [-0.2, 0) is 0 Å². The van der Waals surface area contributed by atoms with Crippen LogP contribution < -0.4 is 4.90 Å². The Labute approximate surface area is 148 Å². The fourth-order valence-corrected chi connectivity index (χ4v) is 2.99. The molecule has 7 heteroatoms. The van der Waals surface area contributed by atoms with Crippen molar-refractivity contribution in [1.29, 1.82) is 0 Å². The van der Waals surface area contributed by atoms with E-state index in [2.05, 4.69) is 24.9 Å². The lowest BCUT2D eigenvalue weighted by molar-refractivity contribution is 0.0344. The summed E-state index contributed by atoms with van der Waals surface area (Å²) in [4.78, 5) is 13.5. The van der Waals surface area contributed by atoms with Gasteiger partial charge in [-0.1, -0.05) is 19.0 Å². The number of aromatic nitrogens is 3. The van der Waals surface area contributed by atoms with Crippen molar-refractivity contribution in [1.82, 2.24) is 20.0 Å². The number of hydrogen-bond donors (Lipinski definition) is 1. The molecule has 0 amide bonds. The Balaban J connectivity index is 1.68. The molecule has 7 nitrogen and oxygen atoms in total. The molecule has 1 aliphatic heterocycles. The zero-order valence-corrected chi connectivity index (χ0v) is 15.4. The van der Waals surface area contributed by atoms with E-state index in [9.17, 15) is 5.11 Å². The van der Waals surface area contributed by atoms with Gasteiger partial charge < -0.3 is 14.5 Å². The number of aliphatic hydroxyl groups is 1. The van der Waals surface area contributed by atoms with Gasteiger partial charge >= 0.3 is 0 Å². The Bertz CT molecular complexity index is 699. The average Bonchev–Trinajstić information content (AvgIpc) is 3.04. The maximum Gasteiger partial charge on any atom is 0.258 e. The normalized spacial score (nSPS) is 16.6. The zero-order chi connectivity index (χ0) is 18.0. The lowest BCUT2D eigenvalue weighted by Gasteiger charge is -2.37. The van der Waals surface area contributed by atoms with Crippen LogP contribution in [0.2, 0.25) is 0 Å². The van der Waals surface area contributed by atoms with E-state index in [1.165, 1.54) is 0 Å². The minimum absolute atomic E-state index is 0.239. The predicted molar refractivity (Wildman–Crippen MR) is 96.6 cm³/mol. The molecule has 0 saturated carbocycles. The van der Waals surface area contributed by atoms with Crippen LogP contribution in [0.3, 0.4) is 0 Å².